The van der Waals surface area contributed by atoms with Crippen LogP contribution >= 0.6 is 0 Å². The van der Waals surface area contributed by atoms with Gasteiger partial charge in [-0.3, -0.25) is 0 Å². The first-order chi connectivity index (χ1) is 12.0. The van der Waals surface area contributed by atoms with Crippen LogP contribution in [0.2, 0.25) is 0 Å². The van der Waals surface area contributed by atoms with Crippen molar-refractivity contribution >= 4 is 11.0 Å². The predicted octanol–water partition coefficient (Wildman–Crippen LogP) is 4.27. The van der Waals surface area contributed by atoms with E-state index in [4.69, 9.17) is 9.15 Å². The molecule has 1 atom stereocenters. The zero-order chi connectivity index (χ0) is 18.0. The van der Waals surface area contributed by atoms with Crippen molar-refractivity contribution in [2.75, 3.05) is 7.11 Å². The molecule has 130 valence electrons. The number of nitrogens with one attached hydrogen (secondary N) is 1. The maximum atomic E-state index is 12.0. The molecule has 0 saturated carbocycles. The summed E-state index contributed by atoms with van der Waals surface area (Å²) in [6, 6.07) is 13.7. The molecular formula is C21H23NO3. The number of benzene rings is 2. The number of hydrogen-bond acceptors (Lipinski definition) is 4. The number of aryl methyl sites for hydroxylation is 2. The molecule has 0 aliphatic carbocycles. The van der Waals surface area contributed by atoms with E-state index in [0.29, 0.717) is 12.1 Å². The summed E-state index contributed by atoms with van der Waals surface area (Å²) in [6.07, 6.45) is 0. The summed E-state index contributed by atoms with van der Waals surface area (Å²) in [7, 11) is 1.67. The van der Waals surface area contributed by atoms with E-state index in [1.54, 1.807) is 13.2 Å². The molecule has 4 nitrogen and oxygen atoms in total. The van der Waals surface area contributed by atoms with Gasteiger partial charge < -0.3 is 14.5 Å². The molecule has 0 aliphatic heterocycles. The lowest BCUT2D eigenvalue weighted by atomic mass is 10.0. The van der Waals surface area contributed by atoms with E-state index in [-0.39, 0.29) is 11.7 Å². The first kappa shape index (κ1) is 17.2. The third-order valence-electron chi connectivity index (χ3n) is 4.72. The lowest BCUT2D eigenvalue weighted by Gasteiger charge is -2.18. The normalized spacial score (nSPS) is 12.3. The Morgan fingerprint density at radius 3 is 2.68 bits per heavy atom. The molecule has 4 heteroatoms. The molecule has 25 heavy (non-hydrogen) atoms. The Kier molecular flexibility index (Phi) is 4.91. The van der Waals surface area contributed by atoms with Crippen molar-refractivity contribution in [3.63, 3.8) is 0 Å². The van der Waals surface area contributed by atoms with Crippen molar-refractivity contribution in [2.24, 2.45) is 0 Å². The topological polar surface area (TPSA) is 51.5 Å². The summed E-state index contributed by atoms with van der Waals surface area (Å²) >= 11 is 0. The van der Waals surface area contributed by atoms with Gasteiger partial charge in [-0.1, -0.05) is 30.3 Å². The molecule has 0 spiro atoms. The van der Waals surface area contributed by atoms with Crippen molar-refractivity contribution in [3.8, 4) is 5.75 Å². The van der Waals surface area contributed by atoms with Crippen molar-refractivity contribution < 1.29 is 9.15 Å². The molecule has 2 aromatic carbocycles. The number of hydrogen-bond donors (Lipinski definition) is 1. The average molecular weight is 337 g/mol. The molecule has 1 aromatic heterocycles. The molecule has 0 unspecified atom stereocenters. The van der Waals surface area contributed by atoms with Gasteiger partial charge in [0.1, 0.15) is 11.3 Å². The molecule has 0 saturated heterocycles. The largest absolute Gasteiger partial charge is 0.496 e. The van der Waals surface area contributed by atoms with E-state index >= 15 is 0 Å². The zero-order valence-corrected chi connectivity index (χ0v) is 15.1. The molecule has 1 N–H and O–H groups in total. The highest BCUT2D eigenvalue weighted by Gasteiger charge is 2.13. The van der Waals surface area contributed by atoms with Crippen molar-refractivity contribution in [1.29, 1.82) is 0 Å². The Labute approximate surface area is 147 Å². The molecule has 0 aliphatic rings. The third kappa shape index (κ3) is 3.44. The first-order valence-corrected chi connectivity index (χ1v) is 8.40. The van der Waals surface area contributed by atoms with E-state index in [2.05, 4.69) is 18.3 Å². The van der Waals surface area contributed by atoms with Crippen LogP contribution in [-0.2, 0) is 6.54 Å². The van der Waals surface area contributed by atoms with Crippen LogP contribution in [0.1, 0.15) is 35.2 Å². The predicted molar refractivity (Wildman–Crippen MR) is 100 cm³/mol. The second-order valence-electron chi connectivity index (χ2n) is 6.32. The van der Waals surface area contributed by atoms with Gasteiger partial charge in [0.2, 0.25) is 0 Å². The van der Waals surface area contributed by atoms with Crippen molar-refractivity contribution in [2.45, 2.75) is 33.4 Å². The molecule has 0 fully saturated rings. The first-order valence-electron chi connectivity index (χ1n) is 8.40. The van der Waals surface area contributed by atoms with E-state index in [1.807, 2.05) is 44.2 Å². The molecule has 0 amide bonds. The molecular weight excluding hydrogens is 314 g/mol. The van der Waals surface area contributed by atoms with E-state index in [9.17, 15) is 4.79 Å². The summed E-state index contributed by atoms with van der Waals surface area (Å²) in [4.78, 5) is 12.0. The molecule has 0 radical (unpaired) electrons. The minimum atomic E-state index is -0.317. The van der Waals surface area contributed by atoms with Crippen LogP contribution in [0.15, 0.2) is 51.7 Å². The third-order valence-corrected chi connectivity index (χ3v) is 4.72. The van der Waals surface area contributed by atoms with Gasteiger partial charge in [0.05, 0.1) is 7.11 Å². The average Bonchev–Trinajstić information content (AvgIpc) is 2.62. The molecule has 3 aromatic rings. The molecule has 1 heterocycles. The SMILES string of the molecule is COc1ccccc1[C@H](C)NCc1cc(=O)oc2c(C)c(C)ccc12. The van der Waals surface area contributed by atoms with Crippen LogP contribution in [0.25, 0.3) is 11.0 Å². The fourth-order valence-corrected chi connectivity index (χ4v) is 3.07. The number of rotatable bonds is 5. The summed E-state index contributed by atoms with van der Waals surface area (Å²) in [5.74, 6) is 0.853. The van der Waals surface area contributed by atoms with Crippen LogP contribution in [-0.4, -0.2) is 7.11 Å². The summed E-state index contributed by atoms with van der Waals surface area (Å²) in [6.45, 7) is 6.66. The van der Waals surface area contributed by atoms with Gasteiger partial charge in [-0.2, -0.15) is 0 Å². The Bertz CT molecular complexity index is 959. The van der Waals surface area contributed by atoms with Gasteiger partial charge >= 0.3 is 5.63 Å². The van der Waals surface area contributed by atoms with E-state index < -0.39 is 0 Å². The van der Waals surface area contributed by atoms with Crippen LogP contribution in [0, 0.1) is 13.8 Å². The Morgan fingerprint density at radius 1 is 1.16 bits per heavy atom. The maximum absolute atomic E-state index is 12.0. The van der Waals surface area contributed by atoms with Gasteiger partial charge in [0, 0.05) is 29.6 Å². The quantitative estimate of drug-likeness (QED) is 0.707. The number of para-hydroxylation sites is 1. The lowest BCUT2D eigenvalue weighted by Crippen LogP contribution is -2.19. The van der Waals surface area contributed by atoms with Crippen LogP contribution in [0.3, 0.4) is 0 Å². The van der Waals surface area contributed by atoms with Crippen molar-refractivity contribution in [1.82, 2.24) is 5.32 Å². The zero-order valence-electron chi connectivity index (χ0n) is 15.1. The number of ether oxygens (including phenoxy) is 1. The van der Waals surface area contributed by atoms with Gasteiger partial charge in [0.25, 0.3) is 0 Å². The number of fused-ring (bicyclic) bond motifs is 1. The number of methoxy groups -OCH3 is 1. The summed E-state index contributed by atoms with van der Waals surface area (Å²) < 4.78 is 10.9. The van der Waals surface area contributed by atoms with Gasteiger partial charge in [-0.25, -0.2) is 4.79 Å². The smallest absolute Gasteiger partial charge is 0.336 e. The second kappa shape index (κ2) is 7.11. The maximum Gasteiger partial charge on any atom is 0.336 e. The fraction of sp³-hybridized carbons (Fsp3) is 0.286. The fourth-order valence-electron chi connectivity index (χ4n) is 3.07. The highest BCUT2D eigenvalue weighted by molar-refractivity contribution is 5.83. The van der Waals surface area contributed by atoms with Crippen LogP contribution in [0.5, 0.6) is 5.75 Å². The van der Waals surface area contributed by atoms with Crippen molar-refractivity contribution in [3.05, 3.63) is 75.1 Å². The highest BCUT2D eigenvalue weighted by Crippen LogP contribution is 2.26. The Hall–Kier alpha value is -2.59. The molecule has 0 bridgehead atoms. The van der Waals surface area contributed by atoms with E-state index in [1.165, 1.54) is 0 Å². The molecule has 3 rings (SSSR count). The van der Waals surface area contributed by atoms with Gasteiger partial charge in [0.15, 0.2) is 0 Å². The van der Waals surface area contributed by atoms with E-state index in [0.717, 1.165) is 33.4 Å². The standard InChI is InChI=1S/C21H23NO3/c1-13-9-10-18-16(11-20(23)25-21(18)14(13)2)12-22-15(3)17-7-5-6-8-19(17)24-4/h5-11,15,22H,12H2,1-4H3/t15-/m0/s1. The van der Waals surface area contributed by atoms with Crippen LogP contribution in [0.4, 0.5) is 0 Å². The summed E-state index contributed by atoms with van der Waals surface area (Å²) in [5.41, 5.74) is 4.51. The minimum absolute atomic E-state index is 0.0880. The summed E-state index contributed by atoms with van der Waals surface area (Å²) in [5, 5.41) is 4.46. The minimum Gasteiger partial charge on any atom is -0.496 e. The Balaban J connectivity index is 1.91. The van der Waals surface area contributed by atoms with Gasteiger partial charge in [-0.05, 0) is 43.5 Å². The van der Waals surface area contributed by atoms with Gasteiger partial charge in [-0.15, -0.1) is 0 Å². The highest BCUT2D eigenvalue weighted by atomic mass is 16.5. The Morgan fingerprint density at radius 2 is 1.92 bits per heavy atom. The monoisotopic (exact) mass is 337 g/mol. The van der Waals surface area contributed by atoms with Crippen LogP contribution < -0.4 is 15.7 Å². The second-order valence-corrected chi connectivity index (χ2v) is 6.32. The lowest BCUT2D eigenvalue weighted by molar-refractivity contribution is 0.401.